The van der Waals surface area contributed by atoms with Gasteiger partial charge in [0.15, 0.2) is 0 Å². The van der Waals surface area contributed by atoms with Gasteiger partial charge in [-0.15, -0.1) is 0 Å². The van der Waals surface area contributed by atoms with Crippen molar-refractivity contribution < 1.29 is 15.0 Å². The van der Waals surface area contributed by atoms with Gasteiger partial charge >= 0.3 is 5.97 Å². The maximum atomic E-state index is 11.0. The van der Waals surface area contributed by atoms with Crippen LogP contribution in [0.15, 0.2) is 12.2 Å². The first-order valence-corrected chi connectivity index (χ1v) is 11.3. The van der Waals surface area contributed by atoms with Gasteiger partial charge in [-0.2, -0.15) is 0 Å². The average molecular weight is 375 g/mol. The predicted molar refractivity (Wildman–Crippen MR) is 107 cm³/mol. The van der Waals surface area contributed by atoms with E-state index in [4.69, 9.17) is 5.11 Å². The molecular weight excluding hydrogens is 336 g/mol. The molecule has 0 bridgehead atoms. The molecule has 27 heavy (non-hydrogen) atoms. The normalized spacial score (nSPS) is 49.8. The predicted octanol–water partition coefficient (Wildman–Crippen LogP) is 5.28. The quantitative estimate of drug-likeness (QED) is 0.658. The fourth-order valence-corrected chi connectivity index (χ4v) is 8.10. The fourth-order valence-electron chi connectivity index (χ4n) is 8.10. The summed E-state index contributed by atoms with van der Waals surface area (Å²) in [5.41, 5.74) is 0.615. The Kier molecular flexibility index (Phi) is 4.98. The van der Waals surface area contributed by atoms with E-state index in [2.05, 4.69) is 32.9 Å². The van der Waals surface area contributed by atoms with Gasteiger partial charge < -0.3 is 10.2 Å². The minimum atomic E-state index is -0.661. The fraction of sp³-hybridized carbons (Fsp3) is 0.875. The van der Waals surface area contributed by atoms with E-state index in [-0.39, 0.29) is 11.5 Å². The lowest BCUT2D eigenvalue weighted by molar-refractivity contribution is -0.137. The van der Waals surface area contributed by atoms with E-state index < -0.39 is 5.97 Å². The Morgan fingerprint density at radius 2 is 1.96 bits per heavy atom. The number of carboxylic acid groups (broad SMARTS) is 1. The van der Waals surface area contributed by atoms with Gasteiger partial charge in [0.2, 0.25) is 0 Å². The summed E-state index contributed by atoms with van der Waals surface area (Å²) >= 11 is 0. The molecule has 3 fully saturated rings. The minimum Gasteiger partial charge on any atom is -0.481 e. The van der Waals surface area contributed by atoms with Gasteiger partial charge in [-0.3, -0.25) is 4.79 Å². The Balaban J connectivity index is 1.56. The molecule has 0 aromatic rings. The highest BCUT2D eigenvalue weighted by atomic mass is 16.4. The molecule has 4 aliphatic rings. The van der Waals surface area contributed by atoms with E-state index in [0.717, 1.165) is 31.1 Å². The first-order valence-electron chi connectivity index (χ1n) is 11.3. The number of aliphatic hydroxyl groups excluding tert-OH is 1. The second kappa shape index (κ2) is 6.90. The summed E-state index contributed by atoms with van der Waals surface area (Å²) in [7, 11) is 0. The number of hydrogen-bond acceptors (Lipinski definition) is 2. The van der Waals surface area contributed by atoms with Crippen LogP contribution in [0.3, 0.4) is 0 Å². The molecule has 0 spiro atoms. The average Bonchev–Trinajstić information content (AvgIpc) is 2.97. The van der Waals surface area contributed by atoms with E-state index in [1.807, 2.05) is 0 Å². The first kappa shape index (κ1) is 19.5. The van der Waals surface area contributed by atoms with E-state index in [0.29, 0.717) is 35.5 Å². The number of allylic oxidation sites excluding steroid dienone is 2. The highest BCUT2D eigenvalue weighted by molar-refractivity contribution is 5.66. The van der Waals surface area contributed by atoms with Gasteiger partial charge in [0.05, 0.1) is 6.10 Å². The van der Waals surface area contributed by atoms with Crippen molar-refractivity contribution in [1.29, 1.82) is 0 Å². The third kappa shape index (κ3) is 3.09. The molecule has 0 aromatic carbocycles. The van der Waals surface area contributed by atoms with Crippen LogP contribution in [0.4, 0.5) is 0 Å². The second-order valence-corrected chi connectivity index (χ2v) is 10.8. The number of aliphatic carboxylic acids is 1. The molecule has 0 aromatic heterocycles. The zero-order chi connectivity index (χ0) is 19.4. The Morgan fingerprint density at radius 3 is 2.70 bits per heavy atom. The van der Waals surface area contributed by atoms with Crippen LogP contribution in [0.1, 0.15) is 78.6 Å². The molecule has 2 N–H and O–H groups in total. The topological polar surface area (TPSA) is 57.5 Å². The zero-order valence-electron chi connectivity index (χ0n) is 17.4. The Hall–Kier alpha value is -0.830. The smallest absolute Gasteiger partial charge is 0.303 e. The molecule has 0 saturated heterocycles. The monoisotopic (exact) mass is 374 g/mol. The Labute approximate surface area is 164 Å². The molecule has 0 heterocycles. The van der Waals surface area contributed by atoms with Crippen molar-refractivity contribution in [2.24, 2.45) is 46.3 Å². The van der Waals surface area contributed by atoms with Crippen molar-refractivity contribution in [3.8, 4) is 0 Å². The van der Waals surface area contributed by atoms with Crippen molar-refractivity contribution in [2.45, 2.75) is 84.7 Å². The molecule has 4 rings (SSSR count). The van der Waals surface area contributed by atoms with E-state index in [9.17, 15) is 9.90 Å². The largest absolute Gasteiger partial charge is 0.481 e. The number of carbonyl (C=O) groups is 1. The van der Waals surface area contributed by atoms with Crippen molar-refractivity contribution in [1.82, 2.24) is 0 Å². The van der Waals surface area contributed by atoms with Crippen molar-refractivity contribution in [3.63, 3.8) is 0 Å². The summed E-state index contributed by atoms with van der Waals surface area (Å²) < 4.78 is 0. The van der Waals surface area contributed by atoms with Crippen molar-refractivity contribution in [3.05, 3.63) is 12.2 Å². The maximum absolute atomic E-state index is 11.0. The number of hydrogen-bond donors (Lipinski definition) is 2. The summed E-state index contributed by atoms with van der Waals surface area (Å²) in [6, 6.07) is 0. The second-order valence-electron chi connectivity index (χ2n) is 10.8. The molecule has 9 atom stereocenters. The molecule has 0 unspecified atom stereocenters. The van der Waals surface area contributed by atoms with E-state index >= 15 is 0 Å². The lowest BCUT2D eigenvalue weighted by atomic mass is 9.46. The highest BCUT2D eigenvalue weighted by Crippen LogP contribution is 2.66. The third-order valence-electron chi connectivity index (χ3n) is 9.64. The molecule has 3 nitrogen and oxygen atoms in total. The van der Waals surface area contributed by atoms with E-state index in [1.54, 1.807) is 0 Å². The van der Waals surface area contributed by atoms with Crippen LogP contribution < -0.4 is 0 Å². The number of carboxylic acids is 1. The molecule has 3 heteroatoms. The van der Waals surface area contributed by atoms with Crippen LogP contribution in [0.5, 0.6) is 0 Å². The Bertz CT molecular complexity index is 613. The van der Waals surface area contributed by atoms with Crippen molar-refractivity contribution in [2.75, 3.05) is 0 Å². The molecule has 4 aliphatic carbocycles. The minimum absolute atomic E-state index is 0.0802. The lowest BCUT2D eigenvalue weighted by Gasteiger charge is -2.58. The number of aliphatic hydroxyl groups is 1. The standard InChI is InChI=1S/C24H38O3/c1-15(4-9-22(26)27)19-7-8-20-18-6-5-16-14-17(25)10-12-23(16,2)21(18)11-13-24(19,20)3/h11,13,15-21,25H,4-10,12,14H2,1-3H3,(H,26,27)/t15-,16+,17-,18+,19-,20+,21+,23+,24-/m1/s1. The SMILES string of the molecule is C[C@H](CCC(=O)O)[C@H]1CC[C@H]2[C@@H]3CC[C@H]4C[C@H](O)CC[C@]4(C)[C@H]3C=C[C@]12C. The van der Waals surface area contributed by atoms with Crippen molar-refractivity contribution >= 4 is 5.97 Å². The van der Waals surface area contributed by atoms with E-state index in [1.165, 1.54) is 32.1 Å². The third-order valence-corrected chi connectivity index (χ3v) is 9.64. The Morgan fingerprint density at radius 1 is 1.19 bits per heavy atom. The number of rotatable bonds is 4. The number of fused-ring (bicyclic) bond motifs is 5. The lowest BCUT2D eigenvalue weighted by Crippen LogP contribution is -2.52. The molecule has 0 amide bonds. The van der Waals surface area contributed by atoms with Gasteiger partial charge in [-0.25, -0.2) is 0 Å². The molecule has 3 saturated carbocycles. The summed E-state index contributed by atoms with van der Waals surface area (Å²) in [5, 5.41) is 19.3. The van der Waals surface area contributed by atoms with Gasteiger partial charge in [0, 0.05) is 6.42 Å². The maximum Gasteiger partial charge on any atom is 0.303 e. The zero-order valence-corrected chi connectivity index (χ0v) is 17.4. The van der Waals surface area contributed by atoms with Gasteiger partial charge in [0.25, 0.3) is 0 Å². The van der Waals surface area contributed by atoms with Gasteiger partial charge in [-0.1, -0.05) is 32.9 Å². The van der Waals surface area contributed by atoms with Crippen LogP contribution in [0, 0.1) is 46.3 Å². The summed E-state index contributed by atoms with van der Waals surface area (Å²) in [6.45, 7) is 7.26. The van der Waals surface area contributed by atoms with Crippen LogP contribution in [-0.4, -0.2) is 22.3 Å². The highest BCUT2D eigenvalue weighted by Gasteiger charge is 2.58. The first-order chi connectivity index (χ1) is 12.8. The molecule has 152 valence electrons. The van der Waals surface area contributed by atoms with Crippen LogP contribution >= 0.6 is 0 Å². The summed E-state index contributed by atoms with van der Waals surface area (Å²) in [6.07, 6.45) is 14.5. The van der Waals surface area contributed by atoms with Gasteiger partial charge in [-0.05, 0) is 97.7 Å². The van der Waals surface area contributed by atoms with Crippen LogP contribution in [-0.2, 0) is 4.79 Å². The molecule has 0 radical (unpaired) electrons. The van der Waals surface area contributed by atoms with Gasteiger partial charge in [0.1, 0.15) is 0 Å². The molecular formula is C24H38O3. The summed E-state index contributed by atoms with van der Waals surface area (Å²) in [5.74, 6) is 3.35. The molecule has 0 aliphatic heterocycles. The van der Waals surface area contributed by atoms with Crippen LogP contribution in [0.25, 0.3) is 0 Å². The summed E-state index contributed by atoms with van der Waals surface area (Å²) in [4.78, 5) is 11.0. The van der Waals surface area contributed by atoms with Crippen LogP contribution in [0.2, 0.25) is 0 Å².